The zero-order chi connectivity index (χ0) is 16.9. The molecule has 5 heteroatoms. The topological polar surface area (TPSA) is 50.8 Å². The fourth-order valence-electron chi connectivity index (χ4n) is 3.39. The van der Waals surface area contributed by atoms with Gasteiger partial charge in [-0.15, -0.1) is 0 Å². The van der Waals surface area contributed by atoms with Crippen molar-refractivity contribution in [1.29, 1.82) is 0 Å². The molecule has 0 spiro atoms. The van der Waals surface area contributed by atoms with Gasteiger partial charge in [-0.05, 0) is 57.5 Å². The summed E-state index contributed by atoms with van der Waals surface area (Å²) in [6, 6.07) is 5.75. The van der Waals surface area contributed by atoms with Gasteiger partial charge >= 0.3 is 0 Å². The molecule has 3 rings (SSSR count). The number of likely N-dealkylation sites (tertiary alicyclic amines) is 1. The van der Waals surface area contributed by atoms with E-state index in [4.69, 9.17) is 9.47 Å². The number of nitrogens with one attached hydrogen (secondary N) is 1. The van der Waals surface area contributed by atoms with E-state index in [1.165, 1.54) is 25.7 Å². The molecule has 0 aromatic heterocycles. The molecule has 0 bridgehead atoms. The summed E-state index contributed by atoms with van der Waals surface area (Å²) in [5, 5.41) is 3.14. The summed E-state index contributed by atoms with van der Waals surface area (Å²) in [5.74, 6) is 1.64. The molecule has 24 heavy (non-hydrogen) atoms. The number of ether oxygens (including phenoxy) is 2. The summed E-state index contributed by atoms with van der Waals surface area (Å²) < 4.78 is 11.2. The second-order valence-corrected chi connectivity index (χ2v) is 6.76. The molecule has 1 aromatic carbocycles. The van der Waals surface area contributed by atoms with E-state index in [9.17, 15) is 4.79 Å². The minimum Gasteiger partial charge on any atom is -0.486 e. The predicted molar refractivity (Wildman–Crippen MR) is 93.5 cm³/mol. The van der Waals surface area contributed by atoms with Crippen molar-refractivity contribution in [1.82, 2.24) is 10.2 Å². The van der Waals surface area contributed by atoms with E-state index in [1.807, 2.05) is 32.0 Å². The smallest absolute Gasteiger partial charge is 0.237 e. The Hall–Kier alpha value is -1.75. The van der Waals surface area contributed by atoms with Crippen LogP contribution in [-0.2, 0) is 4.79 Å². The van der Waals surface area contributed by atoms with Gasteiger partial charge in [0.2, 0.25) is 5.91 Å². The average molecular weight is 332 g/mol. The van der Waals surface area contributed by atoms with Gasteiger partial charge in [-0.2, -0.15) is 0 Å². The van der Waals surface area contributed by atoms with E-state index in [1.54, 1.807) is 0 Å². The van der Waals surface area contributed by atoms with Crippen LogP contribution in [0.2, 0.25) is 0 Å². The Labute approximate surface area is 144 Å². The van der Waals surface area contributed by atoms with Gasteiger partial charge < -0.3 is 14.8 Å². The Morgan fingerprint density at radius 2 is 1.71 bits per heavy atom. The largest absolute Gasteiger partial charge is 0.486 e. The van der Waals surface area contributed by atoms with Crippen molar-refractivity contribution in [3.63, 3.8) is 0 Å². The van der Waals surface area contributed by atoms with Crippen LogP contribution in [0.3, 0.4) is 0 Å². The highest BCUT2D eigenvalue weighted by Crippen LogP contribution is 2.32. The lowest BCUT2D eigenvalue weighted by atomic mass is 10.1. The molecule has 0 radical (unpaired) electrons. The van der Waals surface area contributed by atoms with Crippen LogP contribution in [0.25, 0.3) is 0 Å². The first-order valence-corrected chi connectivity index (χ1v) is 9.09. The summed E-state index contributed by atoms with van der Waals surface area (Å²) in [5.41, 5.74) is 1.04. The predicted octanol–water partition coefficient (Wildman–Crippen LogP) is 2.90. The van der Waals surface area contributed by atoms with Crippen molar-refractivity contribution in [3.05, 3.63) is 23.8 Å². The van der Waals surface area contributed by atoms with Crippen LogP contribution < -0.4 is 14.8 Å². The Morgan fingerprint density at radius 1 is 1.04 bits per heavy atom. The summed E-state index contributed by atoms with van der Waals surface area (Å²) in [6.45, 7) is 7.23. The monoisotopic (exact) mass is 332 g/mol. The van der Waals surface area contributed by atoms with Crippen LogP contribution >= 0.6 is 0 Å². The summed E-state index contributed by atoms with van der Waals surface area (Å²) >= 11 is 0. The lowest BCUT2D eigenvalue weighted by Crippen LogP contribution is -2.46. The number of hydrogen-bond acceptors (Lipinski definition) is 4. The van der Waals surface area contributed by atoms with Crippen LogP contribution in [-0.4, -0.2) is 43.2 Å². The third-order valence-electron chi connectivity index (χ3n) is 4.99. The number of amides is 1. The molecule has 1 fully saturated rings. The first kappa shape index (κ1) is 17.1. The Balaban J connectivity index is 1.61. The van der Waals surface area contributed by atoms with Crippen molar-refractivity contribution in [2.24, 2.45) is 0 Å². The Kier molecular flexibility index (Phi) is 5.61. The Bertz CT molecular complexity index is 568. The van der Waals surface area contributed by atoms with Gasteiger partial charge in [-0.3, -0.25) is 9.69 Å². The van der Waals surface area contributed by atoms with Gasteiger partial charge in [0.25, 0.3) is 0 Å². The zero-order valence-electron chi connectivity index (χ0n) is 14.7. The van der Waals surface area contributed by atoms with Gasteiger partial charge in [0.1, 0.15) is 13.2 Å². The first-order chi connectivity index (χ1) is 11.6. The van der Waals surface area contributed by atoms with Gasteiger partial charge in [-0.1, -0.05) is 18.9 Å². The third-order valence-corrected chi connectivity index (χ3v) is 4.99. The van der Waals surface area contributed by atoms with Gasteiger partial charge in [-0.25, -0.2) is 0 Å². The van der Waals surface area contributed by atoms with Gasteiger partial charge in [0, 0.05) is 0 Å². The van der Waals surface area contributed by atoms with Crippen molar-refractivity contribution >= 4 is 5.91 Å². The van der Waals surface area contributed by atoms with E-state index in [0.717, 1.165) is 30.2 Å². The van der Waals surface area contributed by atoms with E-state index in [-0.39, 0.29) is 18.0 Å². The highest BCUT2D eigenvalue weighted by molar-refractivity contribution is 5.81. The molecular formula is C19H28N2O3. The first-order valence-electron chi connectivity index (χ1n) is 9.09. The summed E-state index contributed by atoms with van der Waals surface area (Å²) in [6.07, 6.45) is 4.93. The molecular weight excluding hydrogens is 304 g/mol. The highest BCUT2D eigenvalue weighted by Gasteiger charge is 2.24. The molecule has 2 atom stereocenters. The van der Waals surface area contributed by atoms with Gasteiger partial charge in [0.15, 0.2) is 11.5 Å². The van der Waals surface area contributed by atoms with Crippen molar-refractivity contribution in [2.45, 2.75) is 51.6 Å². The zero-order valence-corrected chi connectivity index (χ0v) is 14.7. The number of carbonyl (C=O) groups excluding carboxylic acids is 1. The number of fused-ring (bicyclic) bond motifs is 1. The quantitative estimate of drug-likeness (QED) is 0.921. The summed E-state index contributed by atoms with van der Waals surface area (Å²) in [4.78, 5) is 14.9. The normalized spacial score (nSPS) is 20.8. The molecule has 1 saturated heterocycles. The maximum absolute atomic E-state index is 12.6. The maximum atomic E-state index is 12.6. The van der Waals surface area contributed by atoms with E-state index >= 15 is 0 Å². The molecule has 1 amide bonds. The summed E-state index contributed by atoms with van der Waals surface area (Å²) in [7, 11) is 0. The SMILES string of the molecule is CC(NC(=O)C(C)N1CCCCCC1)c1ccc2c(c1)OCCO2. The molecule has 0 aliphatic carbocycles. The van der Waals surface area contributed by atoms with Crippen LogP contribution in [0.5, 0.6) is 11.5 Å². The third kappa shape index (κ3) is 4.01. The van der Waals surface area contributed by atoms with Crippen LogP contribution in [0.1, 0.15) is 51.1 Å². The Morgan fingerprint density at radius 3 is 2.42 bits per heavy atom. The molecule has 2 aliphatic rings. The fraction of sp³-hybridized carbons (Fsp3) is 0.632. The molecule has 0 saturated carbocycles. The van der Waals surface area contributed by atoms with Gasteiger partial charge in [0.05, 0.1) is 12.1 Å². The molecule has 5 nitrogen and oxygen atoms in total. The lowest BCUT2D eigenvalue weighted by molar-refractivity contribution is -0.126. The number of benzene rings is 1. The molecule has 2 aliphatic heterocycles. The lowest BCUT2D eigenvalue weighted by Gasteiger charge is -2.28. The average Bonchev–Trinajstić information content (AvgIpc) is 2.89. The van der Waals surface area contributed by atoms with E-state index in [0.29, 0.717) is 13.2 Å². The van der Waals surface area contributed by atoms with Crippen molar-refractivity contribution in [2.75, 3.05) is 26.3 Å². The van der Waals surface area contributed by atoms with Crippen molar-refractivity contribution in [3.8, 4) is 11.5 Å². The minimum absolute atomic E-state index is 0.0530. The number of carbonyl (C=O) groups is 1. The molecule has 2 heterocycles. The van der Waals surface area contributed by atoms with Crippen molar-refractivity contribution < 1.29 is 14.3 Å². The van der Waals surface area contributed by atoms with Crippen LogP contribution in [0, 0.1) is 0 Å². The van der Waals surface area contributed by atoms with E-state index in [2.05, 4.69) is 10.2 Å². The number of nitrogens with zero attached hydrogens (tertiary/aromatic N) is 1. The standard InChI is InChI=1S/C19H28N2O3/c1-14(16-7-8-17-18(13-16)24-12-11-23-17)20-19(22)15(2)21-9-5-3-4-6-10-21/h7-8,13-15H,3-6,9-12H2,1-2H3,(H,20,22). The molecule has 132 valence electrons. The second-order valence-electron chi connectivity index (χ2n) is 6.76. The van der Waals surface area contributed by atoms with E-state index < -0.39 is 0 Å². The minimum atomic E-state index is -0.0808. The maximum Gasteiger partial charge on any atom is 0.237 e. The molecule has 2 unspecified atom stereocenters. The highest BCUT2D eigenvalue weighted by atomic mass is 16.6. The number of rotatable bonds is 4. The van der Waals surface area contributed by atoms with Crippen LogP contribution in [0.15, 0.2) is 18.2 Å². The fourth-order valence-corrected chi connectivity index (χ4v) is 3.39. The molecule has 1 N–H and O–H groups in total. The number of hydrogen-bond donors (Lipinski definition) is 1. The van der Waals surface area contributed by atoms with Crippen LogP contribution in [0.4, 0.5) is 0 Å². The molecule has 1 aromatic rings. The second kappa shape index (κ2) is 7.88.